The molecule has 0 saturated heterocycles. The monoisotopic (exact) mass is 254 g/mol. The third kappa shape index (κ3) is 1.60. The van der Waals surface area contributed by atoms with E-state index in [9.17, 15) is 5.11 Å². The molecule has 6 nitrogen and oxygen atoms in total. The third-order valence-electron chi connectivity index (χ3n) is 3.07. The smallest absolute Gasteiger partial charge is 0.226 e. The fraction of sp³-hybridized carbons (Fsp3) is 0.0769. The number of rotatable bonds is 0. The fourth-order valence-electron chi connectivity index (χ4n) is 2.09. The van der Waals surface area contributed by atoms with Crippen LogP contribution in [0.5, 0.6) is 17.4 Å². The van der Waals surface area contributed by atoms with E-state index in [0.717, 1.165) is 5.56 Å². The Bertz CT molecular complexity index is 734. The molecule has 1 aliphatic rings. The van der Waals surface area contributed by atoms with Gasteiger partial charge in [0.15, 0.2) is 0 Å². The van der Waals surface area contributed by atoms with Crippen molar-refractivity contribution in [2.24, 2.45) is 0 Å². The van der Waals surface area contributed by atoms with Crippen LogP contribution in [0, 0.1) is 11.3 Å². The van der Waals surface area contributed by atoms with Gasteiger partial charge >= 0.3 is 0 Å². The summed E-state index contributed by atoms with van der Waals surface area (Å²) in [6, 6.07) is 6.76. The molecule has 0 aliphatic carbocycles. The Morgan fingerprint density at radius 1 is 1.37 bits per heavy atom. The van der Waals surface area contributed by atoms with E-state index in [1.807, 2.05) is 6.07 Å². The first-order valence-electron chi connectivity index (χ1n) is 5.58. The molecule has 6 heteroatoms. The molecule has 19 heavy (non-hydrogen) atoms. The number of nitrogen functional groups attached to an aromatic ring is 2. The normalized spacial score (nSPS) is 11.9. The fourth-order valence-corrected chi connectivity index (χ4v) is 2.09. The zero-order valence-corrected chi connectivity index (χ0v) is 9.84. The molecule has 0 radical (unpaired) electrons. The van der Waals surface area contributed by atoms with Crippen LogP contribution in [0.25, 0.3) is 0 Å². The van der Waals surface area contributed by atoms with Gasteiger partial charge in [0.2, 0.25) is 5.88 Å². The molecule has 94 valence electrons. The van der Waals surface area contributed by atoms with Crippen LogP contribution in [-0.4, -0.2) is 10.1 Å². The first-order chi connectivity index (χ1) is 9.10. The van der Waals surface area contributed by atoms with Crippen LogP contribution in [0.3, 0.4) is 0 Å². The second-order valence-electron chi connectivity index (χ2n) is 4.25. The Kier molecular flexibility index (Phi) is 2.22. The number of fused-ring (bicyclic) bond motifs is 2. The Hall–Kier alpha value is -2.94. The molecule has 2 heterocycles. The van der Waals surface area contributed by atoms with E-state index >= 15 is 0 Å². The number of hydrogen-bond acceptors (Lipinski definition) is 6. The van der Waals surface area contributed by atoms with Crippen LogP contribution in [-0.2, 0) is 6.42 Å². The number of aromatic hydroxyl groups is 1. The van der Waals surface area contributed by atoms with Crippen molar-refractivity contribution < 1.29 is 9.84 Å². The lowest BCUT2D eigenvalue weighted by atomic mass is 9.99. The van der Waals surface area contributed by atoms with Crippen LogP contribution in [0.2, 0.25) is 0 Å². The first-order valence-corrected chi connectivity index (χ1v) is 5.58. The SMILES string of the molecule is N#Cc1c(N)nc2c(c1N)Cc1ccc(O)cc1O2. The highest BCUT2D eigenvalue weighted by Crippen LogP contribution is 2.41. The molecule has 3 rings (SSSR count). The van der Waals surface area contributed by atoms with Crippen molar-refractivity contribution in [3.8, 4) is 23.4 Å². The predicted octanol–water partition coefficient (Wildman–Crippen LogP) is 1.52. The number of phenols is 1. The lowest BCUT2D eigenvalue weighted by molar-refractivity contribution is 0.430. The van der Waals surface area contributed by atoms with Gasteiger partial charge in [0.05, 0.1) is 5.69 Å². The van der Waals surface area contributed by atoms with Gasteiger partial charge < -0.3 is 21.3 Å². The Morgan fingerprint density at radius 2 is 2.16 bits per heavy atom. The number of pyridine rings is 1. The molecule has 0 spiro atoms. The zero-order valence-electron chi connectivity index (χ0n) is 9.84. The molecule has 0 unspecified atom stereocenters. The molecule has 5 N–H and O–H groups in total. The number of benzene rings is 1. The van der Waals surface area contributed by atoms with Gasteiger partial charge in [-0.1, -0.05) is 6.07 Å². The molecule has 0 bridgehead atoms. The lowest BCUT2D eigenvalue weighted by Gasteiger charge is -2.21. The van der Waals surface area contributed by atoms with Gasteiger partial charge in [-0.3, -0.25) is 0 Å². The Morgan fingerprint density at radius 3 is 2.89 bits per heavy atom. The number of ether oxygens (including phenoxy) is 1. The number of phenolic OH excluding ortho intramolecular Hbond substituents is 1. The van der Waals surface area contributed by atoms with Gasteiger partial charge in [-0.25, -0.2) is 0 Å². The lowest BCUT2D eigenvalue weighted by Crippen LogP contribution is -2.11. The summed E-state index contributed by atoms with van der Waals surface area (Å²) in [6.45, 7) is 0. The number of aromatic nitrogens is 1. The van der Waals surface area contributed by atoms with Gasteiger partial charge in [-0.15, -0.1) is 0 Å². The van der Waals surface area contributed by atoms with E-state index < -0.39 is 0 Å². The quantitative estimate of drug-likeness (QED) is 0.559. The van der Waals surface area contributed by atoms with E-state index in [0.29, 0.717) is 23.4 Å². The third-order valence-corrected chi connectivity index (χ3v) is 3.07. The standard InChI is InChI=1S/C13H10N4O2/c14-5-9-11(15)8-3-6-1-2-7(18)4-10(6)19-13(8)17-12(9)16/h1-2,4,18H,3H2,(H4,15,16,17). The van der Waals surface area contributed by atoms with E-state index in [1.54, 1.807) is 12.1 Å². The Labute approximate surface area is 108 Å². The minimum Gasteiger partial charge on any atom is -0.508 e. The van der Waals surface area contributed by atoms with Crippen molar-refractivity contribution in [3.05, 3.63) is 34.9 Å². The average molecular weight is 254 g/mol. The summed E-state index contributed by atoms with van der Waals surface area (Å²) >= 11 is 0. The van der Waals surface area contributed by atoms with Crippen molar-refractivity contribution in [2.75, 3.05) is 11.5 Å². The van der Waals surface area contributed by atoms with E-state index in [1.165, 1.54) is 6.07 Å². The summed E-state index contributed by atoms with van der Waals surface area (Å²) in [6.07, 6.45) is 0.485. The van der Waals surface area contributed by atoms with E-state index in [2.05, 4.69) is 4.98 Å². The van der Waals surface area contributed by atoms with Gasteiger partial charge in [0, 0.05) is 18.1 Å². The number of hydrogen-bond donors (Lipinski definition) is 3. The summed E-state index contributed by atoms with van der Waals surface area (Å²) in [7, 11) is 0. The molecule has 0 saturated carbocycles. The van der Waals surface area contributed by atoms with Gasteiger partial charge in [0.1, 0.15) is 28.9 Å². The van der Waals surface area contributed by atoms with Crippen LogP contribution in [0.4, 0.5) is 11.5 Å². The minimum atomic E-state index is 0.0438. The number of nitrogens with two attached hydrogens (primary N) is 2. The topological polar surface area (TPSA) is 118 Å². The molecule has 1 aromatic carbocycles. The van der Waals surface area contributed by atoms with Crippen molar-refractivity contribution >= 4 is 11.5 Å². The first kappa shape index (κ1) is 11.2. The van der Waals surface area contributed by atoms with Crippen LogP contribution in [0.1, 0.15) is 16.7 Å². The maximum Gasteiger partial charge on any atom is 0.226 e. The molecule has 0 atom stereocenters. The molecule has 1 aromatic heterocycles. The molecule has 2 aromatic rings. The Balaban J connectivity index is 2.18. The highest BCUT2D eigenvalue weighted by molar-refractivity contribution is 5.72. The van der Waals surface area contributed by atoms with Gasteiger partial charge in [-0.05, 0) is 11.6 Å². The molecule has 0 amide bonds. The van der Waals surface area contributed by atoms with Crippen LogP contribution >= 0.6 is 0 Å². The maximum atomic E-state index is 9.43. The summed E-state index contributed by atoms with van der Waals surface area (Å²) in [5.74, 6) is 0.953. The van der Waals surface area contributed by atoms with Gasteiger partial charge in [-0.2, -0.15) is 10.2 Å². The van der Waals surface area contributed by atoms with Crippen molar-refractivity contribution in [1.82, 2.24) is 4.98 Å². The van der Waals surface area contributed by atoms with E-state index in [-0.39, 0.29) is 23.0 Å². The maximum absolute atomic E-state index is 9.43. The number of nitriles is 1. The summed E-state index contributed by atoms with van der Waals surface area (Å²) in [4.78, 5) is 4.05. The van der Waals surface area contributed by atoms with E-state index in [4.69, 9.17) is 21.5 Å². The van der Waals surface area contributed by atoms with Crippen LogP contribution < -0.4 is 16.2 Å². The summed E-state index contributed by atoms with van der Waals surface area (Å²) in [5.41, 5.74) is 13.6. The second kappa shape index (κ2) is 3.78. The molecular weight excluding hydrogens is 244 g/mol. The predicted molar refractivity (Wildman–Crippen MR) is 68.8 cm³/mol. The molecular formula is C13H10N4O2. The van der Waals surface area contributed by atoms with Crippen molar-refractivity contribution in [3.63, 3.8) is 0 Å². The summed E-state index contributed by atoms with van der Waals surface area (Å²) in [5, 5.41) is 18.4. The van der Waals surface area contributed by atoms with Gasteiger partial charge in [0.25, 0.3) is 0 Å². The highest BCUT2D eigenvalue weighted by Gasteiger charge is 2.24. The van der Waals surface area contributed by atoms with Crippen molar-refractivity contribution in [1.29, 1.82) is 5.26 Å². The summed E-state index contributed by atoms with van der Waals surface area (Å²) < 4.78 is 5.58. The zero-order chi connectivity index (χ0) is 13.6. The average Bonchev–Trinajstić information content (AvgIpc) is 2.37. The second-order valence-corrected chi connectivity index (χ2v) is 4.25. The molecule has 0 fully saturated rings. The number of nitrogens with zero attached hydrogens (tertiary/aromatic N) is 2. The number of anilines is 2. The minimum absolute atomic E-state index is 0.0438. The highest BCUT2D eigenvalue weighted by atomic mass is 16.5. The van der Waals surface area contributed by atoms with Crippen LogP contribution in [0.15, 0.2) is 18.2 Å². The largest absolute Gasteiger partial charge is 0.508 e. The molecule has 1 aliphatic heterocycles. The van der Waals surface area contributed by atoms with Crippen molar-refractivity contribution in [2.45, 2.75) is 6.42 Å².